The Hall–Kier alpha value is -0.900. The lowest BCUT2D eigenvalue weighted by atomic mass is 9.45. The van der Waals surface area contributed by atoms with Crippen LogP contribution in [0.2, 0.25) is 0 Å². The number of esters is 1. The smallest absolute Gasteiger partial charge is 0.302 e. The van der Waals surface area contributed by atoms with Gasteiger partial charge in [0, 0.05) is 17.2 Å². The van der Waals surface area contributed by atoms with Crippen molar-refractivity contribution in [3.63, 3.8) is 0 Å². The van der Waals surface area contributed by atoms with Gasteiger partial charge in [0.1, 0.15) is 6.10 Å². The quantitative estimate of drug-likeness (QED) is 0.641. The van der Waals surface area contributed by atoms with Gasteiger partial charge in [-0.25, -0.2) is 4.98 Å². The lowest BCUT2D eigenvalue weighted by molar-refractivity contribution is -0.157. The second kappa shape index (κ2) is 5.80. The molecule has 0 aliphatic heterocycles. The Morgan fingerprint density at radius 1 is 1.19 bits per heavy atom. The molecule has 0 aromatic carbocycles. The summed E-state index contributed by atoms with van der Waals surface area (Å²) >= 11 is 1.90. The van der Waals surface area contributed by atoms with E-state index < -0.39 is 0 Å². The monoisotopic (exact) mass is 373 g/mol. The molecule has 4 aliphatic rings. The van der Waals surface area contributed by atoms with Crippen molar-refractivity contribution in [2.75, 3.05) is 0 Å². The molecule has 0 amide bonds. The van der Waals surface area contributed by atoms with Gasteiger partial charge in [0.15, 0.2) is 0 Å². The fourth-order valence-electron chi connectivity index (χ4n) is 7.63. The summed E-state index contributed by atoms with van der Waals surface area (Å²) < 4.78 is 5.59. The molecule has 1 aromatic heterocycles. The minimum absolute atomic E-state index is 0.106. The van der Waals surface area contributed by atoms with Crippen LogP contribution in [0.5, 0.6) is 0 Å². The first-order valence-electron chi connectivity index (χ1n) is 10.5. The number of hydrogen-bond acceptors (Lipinski definition) is 4. The van der Waals surface area contributed by atoms with E-state index in [1.54, 1.807) is 11.8 Å². The van der Waals surface area contributed by atoms with E-state index >= 15 is 0 Å². The third-order valence-electron chi connectivity index (χ3n) is 8.91. The van der Waals surface area contributed by atoms with Crippen LogP contribution < -0.4 is 0 Å². The molecule has 0 bridgehead atoms. The average molecular weight is 374 g/mol. The number of fused-ring (bicyclic) bond motifs is 7. The van der Waals surface area contributed by atoms with E-state index in [-0.39, 0.29) is 12.1 Å². The van der Waals surface area contributed by atoms with E-state index in [0.29, 0.717) is 10.8 Å². The van der Waals surface area contributed by atoms with Gasteiger partial charge < -0.3 is 4.74 Å². The Morgan fingerprint density at radius 3 is 2.85 bits per heavy atom. The predicted molar refractivity (Wildman–Crippen MR) is 103 cm³/mol. The molecule has 3 saturated carbocycles. The molecule has 0 saturated heterocycles. The summed E-state index contributed by atoms with van der Waals surface area (Å²) in [4.78, 5) is 17.7. The number of hydrogen-bond donors (Lipinski definition) is 0. The number of aromatic nitrogens is 1. The van der Waals surface area contributed by atoms with E-state index in [4.69, 9.17) is 9.72 Å². The van der Waals surface area contributed by atoms with Gasteiger partial charge in [-0.05, 0) is 80.5 Å². The maximum Gasteiger partial charge on any atom is 0.302 e. The summed E-state index contributed by atoms with van der Waals surface area (Å²) in [5.74, 6) is 3.15. The normalized spacial score (nSPS) is 46.7. The second-order valence-electron chi connectivity index (χ2n) is 9.95. The molecule has 5 rings (SSSR count). The van der Waals surface area contributed by atoms with Gasteiger partial charge in [-0.2, -0.15) is 0 Å². The molecule has 0 spiro atoms. The minimum Gasteiger partial charge on any atom is -0.463 e. The predicted octanol–water partition coefficient (Wildman–Crippen LogP) is 5.13. The molecule has 4 aliphatic carbocycles. The van der Waals surface area contributed by atoms with Crippen molar-refractivity contribution >= 4 is 17.3 Å². The molecule has 0 N–H and O–H groups in total. The molecule has 26 heavy (non-hydrogen) atoms. The third-order valence-corrected chi connectivity index (χ3v) is 10.1. The first kappa shape index (κ1) is 17.2. The zero-order valence-electron chi connectivity index (χ0n) is 16.3. The first-order valence-corrected chi connectivity index (χ1v) is 11.4. The van der Waals surface area contributed by atoms with Crippen LogP contribution in [0.15, 0.2) is 5.51 Å². The number of thiazole rings is 1. The number of carbonyl (C=O) groups is 1. The van der Waals surface area contributed by atoms with Gasteiger partial charge in [-0.15, -0.1) is 11.3 Å². The van der Waals surface area contributed by atoms with Gasteiger partial charge in [-0.1, -0.05) is 13.8 Å². The fourth-order valence-corrected chi connectivity index (χ4v) is 8.71. The van der Waals surface area contributed by atoms with E-state index in [1.807, 2.05) is 11.3 Å². The maximum absolute atomic E-state index is 11.4. The fraction of sp³-hybridized carbons (Fsp3) is 0.818. The van der Waals surface area contributed by atoms with Crippen molar-refractivity contribution in [2.45, 2.75) is 83.7 Å². The van der Waals surface area contributed by atoms with Crippen molar-refractivity contribution in [2.24, 2.45) is 29.1 Å². The Morgan fingerprint density at radius 2 is 2.04 bits per heavy atom. The van der Waals surface area contributed by atoms with Crippen LogP contribution in [0.3, 0.4) is 0 Å². The molecule has 1 aromatic rings. The molecule has 7 atom stereocenters. The van der Waals surface area contributed by atoms with Crippen molar-refractivity contribution in [1.29, 1.82) is 0 Å². The summed E-state index contributed by atoms with van der Waals surface area (Å²) in [6.07, 6.45) is 10.2. The van der Waals surface area contributed by atoms with E-state index in [9.17, 15) is 4.79 Å². The van der Waals surface area contributed by atoms with Crippen molar-refractivity contribution in [3.05, 3.63) is 16.1 Å². The molecular formula is C22H31NO2S. The maximum atomic E-state index is 11.4. The lowest BCUT2D eigenvalue weighted by Gasteiger charge is -2.60. The van der Waals surface area contributed by atoms with E-state index in [2.05, 4.69) is 19.4 Å². The van der Waals surface area contributed by atoms with Gasteiger partial charge in [-0.3, -0.25) is 4.79 Å². The summed E-state index contributed by atoms with van der Waals surface area (Å²) in [6.45, 7) is 6.66. The summed E-state index contributed by atoms with van der Waals surface area (Å²) in [7, 11) is 0. The Bertz CT molecular complexity index is 729. The first-order chi connectivity index (χ1) is 12.4. The van der Waals surface area contributed by atoms with Crippen molar-refractivity contribution in [3.8, 4) is 0 Å². The number of rotatable bonds is 1. The number of nitrogens with zero attached hydrogens (tertiary/aromatic N) is 1. The van der Waals surface area contributed by atoms with Crippen LogP contribution in [-0.2, 0) is 21.4 Å². The Labute approximate surface area is 160 Å². The van der Waals surface area contributed by atoms with Crippen LogP contribution in [0.1, 0.15) is 76.3 Å². The van der Waals surface area contributed by atoms with Crippen LogP contribution >= 0.6 is 11.3 Å². The number of ether oxygens (including phenoxy) is 1. The van der Waals surface area contributed by atoms with Crippen LogP contribution in [0.25, 0.3) is 0 Å². The molecule has 1 heterocycles. The summed E-state index contributed by atoms with van der Waals surface area (Å²) in [5.41, 5.74) is 4.31. The molecule has 3 fully saturated rings. The van der Waals surface area contributed by atoms with E-state index in [1.165, 1.54) is 44.2 Å². The highest BCUT2D eigenvalue weighted by atomic mass is 32.1. The van der Waals surface area contributed by atoms with Crippen LogP contribution in [0, 0.1) is 29.1 Å². The Kier molecular flexibility index (Phi) is 3.84. The highest BCUT2D eigenvalue weighted by Crippen LogP contribution is 2.66. The Balaban J connectivity index is 1.39. The van der Waals surface area contributed by atoms with Gasteiger partial charge in [0.05, 0.1) is 11.2 Å². The molecular weight excluding hydrogens is 342 g/mol. The number of carbonyl (C=O) groups excluding carboxylic acids is 1. The van der Waals surface area contributed by atoms with Gasteiger partial charge in [0.2, 0.25) is 0 Å². The molecule has 142 valence electrons. The molecule has 3 nitrogen and oxygen atoms in total. The zero-order valence-corrected chi connectivity index (χ0v) is 17.1. The molecule has 0 radical (unpaired) electrons. The standard InChI is InChI=1S/C22H31NO2S/c1-13(24)25-15-6-8-21(2)14(10-15)4-5-16-17(21)7-9-22(3)18(16)11-19-20(22)26-12-23-19/h12,14-18H,4-11H2,1-3H3/t14-,15-,16+,17-,18-,21-,22-/m0/s1. The van der Waals surface area contributed by atoms with Crippen LogP contribution in [0.4, 0.5) is 0 Å². The molecule has 4 heteroatoms. The lowest BCUT2D eigenvalue weighted by Crippen LogP contribution is -2.54. The third kappa shape index (κ3) is 2.30. The van der Waals surface area contributed by atoms with Crippen molar-refractivity contribution < 1.29 is 9.53 Å². The zero-order chi connectivity index (χ0) is 18.1. The van der Waals surface area contributed by atoms with Crippen LogP contribution in [-0.4, -0.2) is 17.1 Å². The topological polar surface area (TPSA) is 39.2 Å². The summed E-state index contributed by atoms with van der Waals surface area (Å²) in [6, 6.07) is 0. The highest BCUT2D eigenvalue weighted by molar-refractivity contribution is 7.10. The van der Waals surface area contributed by atoms with E-state index in [0.717, 1.165) is 36.5 Å². The second-order valence-corrected chi connectivity index (χ2v) is 10.8. The largest absolute Gasteiger partial charge is 0.463 e. The van der Waals surface area contributed by atoms with Gasteiger partial charge in [0.25, 0.3) is 0 Å². The highest BCUT2D eigenvalue weighted by Gasteiger charge is 2.59. The molecule has 0 unspecified atom stereocenters. The van der Waals surface area contributed by atoms with Gasteiger partial charge >= 0.3 is 5.97 Å². The SMILES string of the molecule is CC(=O)O[C@H]1CC[C@@]2(C)[C@@H](CC[C@@H]3[C@@H]2CC[C@]2(C)c4scnc4C[C@@H]32)C1. The summed E-state index contributed by atoms with van der Waals surface area (Å²) in [5, 5.41) is 0. The van der Waals surface area contributed by atoms with Crippen molar-refractivity contribution in [1.82, 2.24) is 4.98 Å². The minimum atomic E-state index is -0.106. The average Bonchev–Trinajstić information content (AvgIpc) is 3.16.